The second kappa shape index (κ2) is 6.44. The van der Waals surface area contributed by atoms with Gasteiger partial charge in [-0.25, -0.2) is 0 Å². The molecule has 0 spiro atoms. The first kappa shape index (κ1) is 16.8. The van der Waals surface area contributed by atoms with Gasteiger partial charge in [0.05, 0.1) is 5.56 Å². The third-order valence-corrected chi connectivity index (χ3v) is 2.86. The normalized spacial score (nSPS) is 13.2. The highest BCUT2D eigenvalue weighted by molar-refractivity contribution is 5.54. The molecule has 1 aromatic rings. The van der Waals surface area contributed by atoms with Crippen molar-refractivity contribution in [1.82, 2.24) is 5.32 Å². The average Bonchev–Trinajstić information content (AvgIpc) is 2.27. The van der Waals surface area contributed by atoms with Crippen molar-refractivity contribution < 1.29 is 13.2 Å². The summed E-state index contributed by atoms with van der Waals surface area (Å²) in [6, 6.07) is 3.83. The average molecular weight is 285 g/mol. The minimum atomic E-state index is -4.27. The van der Waals surface area contributed by atoms with Crippen LogP contribution in [0.2, 0.25) is 0 Å². The second-order valence-corrected chi connectivity index (χ2v) is 5.94. The quantitative estimate of drug-likeness (QED) is 0.783. The molecule has 0 amide bonds. The molecule has 0 unspecified atom stereocenters. The number of aryl methyl sites for hydroxylation is 1. The van der Waals surface area contributed by atoms with Gasteiger partial charge in [-0.2, -0.15) is 13.2 Å². The van der Waals surface area contributed by atoms with E-state index < -0.39 is 11.7 Å². The van der Waals surface area contributed by atoms with Crippen LogP contribution in [-0.2, 0) is 6.18 Å². The number of hydrogen-bond acceptors (Lipinski definition) is 1. The van der Waals surface area contributed by atoms with Crippen LogP contribution in [0, 0.1) is 6.92 Å². The molecule has 1 aromatic carbocycles. The molecule has 0 heterocycles. The Kier molecular flexibility index (Phi) is 5.40. The maximum Gasteiger partial charge on any atom is 0.416 e. The molecule has 1 N–H and O–H groups in total. The molecule has 1 rings (SSSR count). The lowest BCUT2D eigenvalue weighted by atomic mass is 10.0. The molecule has 0 aromatic heterocycles. The first-order valence-electron chi connectivity index (χ1n) is 6.69. The number of alkyl halides is 3. The van der Waals surface area contributed by atoms with E-state index >= 15 is 0 Å². The Bertz CT molecular complexity index is 468. The van der Waals surface area contributed by atoms with Gasteiger partial charge in [0, 0.05) is 5.54 Å². The molecule has 0 fully saturated rings. The maximum absolute atomic E-state index is 12.5. The number of benzene rings is 1. The van der Waals surface area contributed by atoms with Crippen LogP contribution >= 0.6 is 0 Å². The van der Waals surface area contributed by atoms with Crippen molar-refractivity contribution in [3.8, 4) is 0 Å². The lowest BCUT2D eigenvalue weighted by Crippen LogP contribution is -2.36. The molecular formula is C16H22F3N. The topological polar surface area (TPSA) is 12.0 Å². The van der Waals surface area contributed by atoms with E-state index in [0.29, 0.717) is 5.56 Å². The Labute approximate surface area is 118 Å². The van der Waals surface area contributed by atoms with Gasteiger partial charge in [0.15, 0.2) is 0 Å². The Morgan fingerprint density at radius 3 is 2.30 bits per heavy atom. The van der Waals surface area contributed by atoms with Crippen LogP contribution in [-0.4, -0.2) is 12.1 Å². The van der Waals surface area contributed by atoms with Crippen LogP contribution in [0.5, 0.6) is 0 Å². The summed E-state index contributed by atoms with van der Waals surface area (Å²) in [5.41, 5.74) is 0.952. The molecule has 0 bridgehead atoms. The third-order valence-electron chi connectivity index (χ3n) is 2.86. The van der Waals surface area contributed by atoms with Gasteiger partial charge in [0.2, 0.25) is 0 Å². The van der Waals surface area contributed by atoms with Crippen LogP contribution in [0.3, 0.4) is 0 Å². The van der Waals surface area contributed by atoms with Crippen molar-refractivity contribution in [2.45, 2.75) is 45.8 Å². The fraction of sp³-hybridized carbons (Fsp3) is 0.500. The minimum Gasteiger partial charge on any atom is -0.312 e. The van der Waals surface area contributed by atoms with E-state index in [2.05, 4.69) is 26.1 Å². The van der Waals surface area contributed by atoms with E-state index in [4.69, 9.17) is 0 Å². The van der Waals surface area contributed by atoms with Crippen molar-refractivity contribution in [2.24, 2.45) is 0 Å². The first-order chi connectivity index (χ1) is 9.09. The van der Waals surface area contributed by atoms with Crippen molar-refractivity contribution in [3.05, 3.63) is 41.0 Å². The highest BCUT2D eigenvalue weighted by Crippen LogP contribution is 2.30. The van der Waals surface area contributed by atoms with Gasteiger partial charge in [-0.1, -0.05) is 18.2 Å². The van der Waals surface area contributed by atoms with Crippen LogP contribution in [0.25, 0.3) is 6.08 Å². The molecule has 0 aliphatic heterocycles. The summed E-state index contributed by atoms with van der Waals surface area (Å²) in [5.74, 6) is 0. The van der Waals surface area contributed by atoms with Gasteiger partial charge in [-0.05, 0) is 63.9 Å². The van der Waals surface area contributed by atoms with E-state index in [0.717, 1.165) is 24.6 Å². The van der Waals surface area contributed by atoms with Gasteiger partial charge in [-0.15, -0.1) is 0 Å². The van der Waals surface area contributed by atoms with Crippen LogP contribution in [0.4, 0.5) is 13.2 Å². The van der Waals surface area contributed by atoms with Gasteiger partial charge in [-0.3, -0.25) is 0 Å². The van der Waals surface area contributed by atoms with Crippen molar-refractivity contribution >= 4 is 6.08 Å². The van der Waals surface area contributed by atoms with Gasteiger partial charge >= 0.3 is 6.18 Å². The summed E-state index contributed by atoms with van der Waals surface area (Å²) in [7, 11) is 0. The zero-order chi connectivity index (χ0) is 15.4. The number of rotatable bonds is 4. The zero-order valence-electron chi connectivity index (χ0n) is 12.4. The van der Waals surface area contributed by atoms with E-state index in [1.807, 2.05) is 12.2 Å². The van der Waals surface area contributed by atoms with Crippen molar-refractivity contribution in [3.63, 3.8) is 0 Å². The molecule has 0 aliphatic carbocycles. The summed E-state index contributed by atoms with van der Waals surface area (Å²) in [6.07, 6.45) is 0.426. The molecule has 0 atom stereocenters. The SMILES string of the molecule is Cc1cc(C(F)(F)F)ccc1/C=C/CCNC(C)(C)C. The molecule has 0 saturated carbocycles. The molecule has 4 heteroatoms. The molecular weight excluding hydrogens is 263 g/mol. The summed E-state index contributed by atoms with van der Waals surface area (Å²) >= 11 is 0. The number of hydrogen-bond donors (Lipinski definition) is 1. The van der Waals surface area contributed by atoms with Gasteiger partial charge in [0.25, 0.3) is 0 Å². The standard InChI is InChI=1S/C16H22F3N/c1-12-11-14(16(17,18)19)9-8-13(12)7-5-6-10-20-15(2,3)4/h5,7-9,11,20H,6,10H2,1-4H3/b7-5+. The Balaban J connectivity index is 2.61. The Hall–Kier alpha value is -1.29. The smallest absolute Gasteiger partial charge is 0.312 e. The maximum atomic E-state index is 12.5. The van der Waals surface area contributed by atoms with Crippen molar-refractivity contribution in [2.75, 3.05) is 6.54 Å². The van der Waals surface area contributed by atoms with Gasteiger partial charge in [0.1, 0.15) is 0 Å². The van der Waals surface area contributed by atoms with E-state index in [-0.39, 0.29) is 5.54 Å². The fourth-order valence-corrected chi connectivity index (χ4v) is 1.78. The van der Waals surface area contributed by atoms with E-state index in [1.165, 1.54) is 12.1 Å². The predicted octanol–water partition coefficient (Wildman–Crippen LogP) is 4.81. The third kappa shape index (κ3) is 5.78. The highest BCUT2D eigenvalue weighted by Gasteiger charge is 2.30. The molecule has 20 heavy (non-hydrogen) atoms. The lowest BCUT2D eigenvalue weighted by molar-refractivity contribution is -0.137. The minimum absolute atomic E-state index is 0.0815. The molecule has 0 radical (unpaired) electrons. The predicted molar refractivity (Wildman–Crippen MR) is 77.6 cm³/mol. The largest absolute Gasteiger partial charge is 0.416 e. The van der Waals surface area contributed by atoms with E-state index in [9.17, 15) is 13.2 Å². The monoisotopic (exact) mass is 285 g/mol. The molecule has 1 nitrogen and oxygen atoms in total. The first-order valence-corrected chi connectivity index (χ1v) is 6.69. The second-order valence-electron chi connectivity index (χ2n) is 5.94. The summed E-state index contributed by atoms with van der Waals surface area (Å²) in [6.45, 7) is 8.83. The fourth-order valence-electron chi connectivity index (χ4n) is 1.78. The lowest BCUT2D eigenvalue weighted by Gasteiger charge is -2.19. The molecule has 0 aliphatic rings. The van der Waals surface area contributed by atoms with Gasteiger partial charge < -0.3 is 5.32 Å². The zero-order valence-corrected chi connectivity index (χ0v) is 12.4. The number of nitrogens with one attached hydrogen (secondary N) is 1. The molecule has 0 saturated heterocycles. The van der Waals surface area contributed by atoms with Crippen LogP contribution in [0.15, 0.2) is 24.3 Å². The summed E-state index contributed by atoms with van der Waals surface area (Å²) in [4.78, 5) is 0. The number of halogens is 3. The van der Waals surface area contributed by atoms with Crippen LogP contribution in [0.1, 0.15) is 43.9 Å². The summed E-state index contributed by atoms with van der Waals surface area (Å²) in [5, 5.41) is 3.35. The molecule has 112 valence electrons. The Morgan fingerprint density at radius 1 is 1.15 bits per heavy atom. The highest BCUT2D eigenvalue weighted by atomic mass is 19.4. The van der Waals surface area contributed by atoms with Crippen LogP contribution < -0.4 is 5.32 Å². The van der Waals surface area contributed by atoms with E-state index in [1.54, 1.807) is 6.92 Å². The van der Waals surface area contributed by atoms with Crippen molar-refractivity contribution in [1.29, 1.82) is 0 Å². The summed E-state index contributed by atoms with van der Waals surface area (Å²) < 4.78 is 37.6. The Morgan fingerprint density at radius 2 is 1.80 bits per heavy atom.